The monoisotopic (exact) mass is 294 g/mol. The lowest BCUT2D eigenvalue weighted by atomic mass is 9.99. The molecule has 3 aromatic rings. The molecule has 3 heteroatoms. The molecule has 0 saturated carbocycles. The van der Waals surface area contributed by atoms with E-state index in [1.165, 1.54) is 16.0 Å². The predicted octanol–water partition coefficient (Wildman–Crippen LogP) is 4.22. The van der Waals surface area contributed by atoms with Crippen LogP contribution >= 0.6 is 11.3 Å². The standard InChI is InChI=1S/C18H18N2S/c1-3-7-15(8-4-1)11-18(16-9-5-2-6-10-16)20-13-17-12-19-14-21-17/h1-10,12,14,18,20H,11,13H2. The Morgan fingerprint density at radius 1 is 0.952 bits per heavy atom. The first kappa shape index (κ1) is 14.0. The summed E-state index contributed by atoms with van der Waals surface area (Å²) in [4.78, 5) is 5.40. The topological polar surface area (TPSA) is 24.9 Å². The maximum Gasteiger partial charge on any atom is 0.0794 e. The van der Waals surface area contributed by atoms with Gasteiger partial charge >= 0.3 is 0 Å². The van der Waals surface area contributed by atoms with Gasteiger partial charge in [-0.1, -0.05) is 60.7 Å². The van der Waals surface area contributed by atoms with E-state index in [0.717, 1.165) is 13.0 Å². The van der Waals surface area contributed by atoms with Crippen LogP contribution < -0.4 is 5.32 Å². The van der Waals surface area contributed by atoms with E-state index in [1.54, 1.807) is 11.3 Å². The van der Waals surface area contributed by atoms with Crippen molar-refractivity contribution in [3.63, 3.8) is 0 Å². The van der Waals surface area contributed by atoms with Gasteiger partial charge in [-0.2, -0.15) is 0 Å². The second-order valence-electron chi connectivity index (χ2n) is 5.00. The molecule has 106 valence electrons. The van der Waals surface area contributed by atoms with E-state index >= 15 is 0 Å². The summed E-state index contributed by atoms with van der Waals surface area (Å²) < 4.78 is 0. The first-order valence-electron chi connectivity index (χ1n) is 7.11. The van der Waals surface area contributed by atoms with Crippen molar-refractivity contribution in [2.24, 2.45) is 0 Å². The first-order valence-corrected chi connectivity index (χ1v) is 7.99. The normalized spacial score (nSPS) is 12.2. The van der Waals surface area contributed by atoms with Crippen molar-refractivity contribution < 1.29 is 0 Å². The van der Waals surface area contributed by atoms with Crippen molar-refractivity contribution in [1.82, 2.24) is 10.3 Å². The van der Waals surface area contributed by atoms with Crippen LogP contribution in [0.1, 0.15) is 22.0 Å². The molecule has 1 heterocycles. The average molecular weight is 294 g/mol. The van der Waals surface area contributed by atoms with Gasteiger partial charge in [-0.25, -0.2) is 0 Å². The van der Waals surface area contributed by atoms with Crippen LogP contribution in [0.25, 0.3) is 0 Å². The lowest BCUT2D eigenvalue weighted by Gasteiger charge is -2.19. The number of rotatable bonds is 6. The fourth-order valence-corrected chi connectivity index (χ4v) is 2.94. The zero-order chi connectivity index (χ0) is 14.3. The molecule has 2 nitrogen and oxygen atoms in total. The minimum Gasteiger partial charge on any atom is -0.305 e. The number of benzene rings is 2. The number of aromatic nitrogens is 1. The number of nitrogens with one attached hydrogen (secondary N) is 1. The summed E-state index contributed by atoms with van der Waals surface area (Å²) in [5.41, 5.74) is 4.56. The SMILES string of the molecule is c1ccc(CC(NCc2cncs2)c2ccccc2)cc1. The highest BCUT2D eigenvalue weighted by atomic mass is 32.1. The molecule has 1 atom stereocenters. The molecule has 0 aliphatic carbocycles. The minimum atomic E-state index is 0.315. The van der Waals surface area contributed by atoms with Crippen LogP contribution in [0.15, 0.2) is 72.4 Å². The fraction of sp³-hybridized carbons (Fsp3) is 0.167. The molecule has 1 aromatic heterocycles. The number of nitrogens with zero attached hydrogens (tertiary/aromatic N) is 1. The summed E-state index contributed by atoms with van der Waals surface area (Å²) in [6, 6.07) is 21.6. The van der Waals surface area contributed by atoms with Crippen LogP contribution in [-0.4, -0.2) is 4.98 Å². The van der Waals surface area contributed by atoms with Crippen molar-refractivity contribution >= 4 is 11.3 Å². The summed E-state index contributed by atoms with van der Waals surface area (Å²) in [6.45, 7) is 0.858. The Morgan fingerprint density at radius 2 is 1.67 bits per heavy atom. The molecule has 0 bridgehead atoms. The number of hydrogen-bond acceptors (Lipinski definition) is 3. The van der Waals surface area contributed by atoms with E-state index in [9.17, 15) is 0 Å². The average Bonchev–Trinajstić information content (AvgIpc) is 3.07. The van der Waals surface area contributed by atoms with Gasteiger partial charge in [-0.15, -0.1) is 11.3 Å². The molecule has 1 N–H and O–H groups in total. The summed E-state index contributed by atoms with van der Waals surface area (Å²) >= 11 is 1.69. The van der Waals surface area contributed by atoms with E-state index in [-0.39, 0.29) is 0 Å². The lowest BCUT2D eigenvalue weighted by Crippen LogP contribution is -2.22. The van der Waals surface area contributed by atoms with Gasteiger partial charge in [0, 0.05) is 23.7 Å². The van der Waals surface area contributed by atoms with Crippen molar-refractivity contribution in [2.75, 3.05) is 0 Å². The maximum absolute atomic E-state index is 4.14. The highest BCUT2D eigenvalue weighted by Crippen LogP contribution is 2.19. The number of hydrogen-bond donors (Lipinski definition) is 1. The lowest BCUT2D eigenvalue weighted by molar-refractivity contribution is 0.533. The van der Waals surface area contributed by atoms with Crippen LogP contribution in [0.2, 0.25) is 0 Å². The Kier molecular flexibility index (Phi) is 4.77. The second-order valence-corrected chi connectivity index (χ2v) is 5.97. The Morgan fingerprint density at radius 3 is 2.33 bits per heavy atom. The van der Waals surface area contributed by atoms with Gasteiger partial charge in [-0.3, -0.25) is 4.98 Å². The highest BCUT2D eigenvalue weighted by Gasteiger charge is 2.11. The molecule has 2 aromatic carbocycles. The summed E-state index contributed by atoms with van der Waals surface area (Å²) in [5.74, 6) is 0. The molecule has 0 spiro atoms. The van der Waals surface area contributed by atoms with Crippen LogP contribution in [0.3, 0.4) is 0 Å². The minimum absolute atomic E-state index is 0.315. The second kappa shape index (κ2) is 7.16. The zero-order valence-corrected chi connectivity index (χ0v) is 12.6. The Hall–Kier alpha value is -1.97. The first-order chi connectivity index (χ1) is 10.4. The fourth-order valence-electron chi connectivity index (χ4n) is 2.40. The van der Waals surface area contributed by atoms with Crippen LogP contribution in [-0.2, 0) is 13.0 Å². The molecule has 3 rings (SSSR count). The smallest absolute Gasteiger partial charge is 0.0794 e. The molecule has 0 radical (unpaired) electrons. The summed E-state index contributed by atoms with van der Waals surface area (Å²) in [5, 5.41) is 3.66. The summed E-state index contributed by atoms with van der Waals surface area (Å²) in [7, 11) is 0. The van der Waals surface area contributed by atoms with Crippen molar-refractivity contribution in [2.45, 2.75) is 19.0 Å². The third-order valence-corrected chi connectivity index (χ3v) is 4.27. The van der Waals surface area contributed by atoms with E-state index in [2.05, 4.69) is 71.0 Å². The van der Waals surface area contributed by atoms with Gasteiger partial charge in [0.15, 0.2) is 0 Å². The van der Waals surface area contributed by atoms with E-state index in [1.807, 2.05) is 11.7 Å². The Bertz CT molecular complexity index is 636. The molecule has 0 saturated heterocycles. The Balaban J connectivity index is 1.74. The zero-order valence-electron chi connectivity index (χ0n) is 11.8. The molecule has 0 fully saturated rings. The highest BCUT2D eigenvalue weighted by molar-refractivity contribution is 7.09. The number of thiazole rings is 1. The van der Waals surface area contributed by atoms with Gasteiger partial charge < -0.3 is 5.32 Å². The van der Waals surface area contributed by atoms with Crippen LogP contribution in [0.4, 0.5) is 0 Å². The van der Waals surface area contributed by atoms with Crippen molar-refractivity contribution in [3.8, 4) is 0 Å². The van der Waals surface area contributed by atoms with Crippen LogP contribution in [0, 0.1) is 0 Å². The maximum atomic E-state index is 4.14. The van der Waals surface area contributed by atoms with Gasteiger partial charge in [0.05, 0.1) is 5.51 Å². The third-order valence-electron chi connectivity index (χ3n) is 3.49. The van der Waals surface area contributed by atoms with Gasteiger partial charge in [0.2, 0.25) is 0 Å². The predicted molar refractivity (Wildman–Crippen MR) is 88.3 cm³/mol. The van der Waals surface area contributed by atoms with Crippen LogP contribution in [0.5, 0.6) is 0 Å². The van der Waals surface area contributed by atoms with Crippen molar-refractivity contribution in [1.29, 1.82) is 0 Å². The van der Waals surface area contributed by atoms with E-state index in [4.69, 9.17) is 0 Å². The Labute approximate surface area is 129 Å². The van der Waals surface area contributed by atoms with E-state index in [0.29, 0.717) is 6.04 Å². The van der Waals surface area contributed by atoms with Gasteiger partial charge in [0.25, 0.3) is 0 Å². The molecule has 1 unspecified atom stereocenters. The molecule has 0 aliphatic rings. The summed E-state index contributed by atoms with van der Waals surface area (Å²) in [6.07, 6.45) is 2.92. The largest absolute Gasteiger partial charge is 0.305 e. The third kappa shape index (κ3) is 4.00. The molecule has 0 aliphatic heterocycles. The van der Waals surface area contributed by atoms with Gasteiger partial charge in [-0.05, 0) is 17.5 Å². The van der Waals surface area contributed by atoms with E-state index < -0.39 is 0 Å². The quantitative estimate of drug-likeness (QED) is 0.736. The molecular weight excluding hydrogens is 276 g/mol. The van der Waals surface area contributed by atoms with Crippen molar-refractivity contribution in [3.05, 3.63) is 88.4 Å². The molecule has 21 heavy (non-hydrogen) atoms. The molecular formula is C18H18N2S. The van der Waals surface area contributed by atoms with Gasteiger partial charge in [0.1, 0.15) is 0 Å². The molecule has 0 amide bonds.